The fraction of sp³-hybridized carbons (Fsp3) is 0.278. The summed E-state index contributed by atoms with van der Waals surface area (Å²) in [7, 11) is 0. The summed E-state index contributed by atoms with van der Waals surface area (Å²) in [5, 5.41) is 9.01. The lowest BCUT2D eigenvalue weighted by molar-refractivity contribution is 0.0929. The fourth-order valence-electron chi connectivity index (χ4n) is 2.69. The zero-order valence-corrected chi connectivity index (χ0v) is 13.7. The maximum absolute atomic E-state index is 12.2. The van der Waals surface area contributed by atoms with E-state index in [1.807, 2.05) is 0 Å². The van der Waals surface area contributed by atoms with Crippen molar-refractivity contribution in [1.29, 1.82) is 0 Å². The van der Waals surface area contributed by atoms with Crippen LogP contribution in [0, 0.1) is 0 Å². The van der Waals surface area contributed by atoms with E-state index in [-0.39, 0.29) is 23.4 Å². The van der Waals surface area contributed by atoms with E-state index in [1.54, 1.807) is 24.3 Å². The van der Waals surface area contributed by atoms with E-state index >= 15 is 0 Å². The Bertz CT molecular complexity index is 787. The van der Waals surface area contributed by atoms with Crippen molar-refractivity contribution < 1.29 is 9.59 Å². The molecule has 7 heteroatoms. The smallest absolute Gasteiger partial charge is 0.257 e. The van der Waals surface area contributed by atoms with Crippen molar-refractivity contribution in [2.75, 3.05) is 18.4 Å². The molecule has 0 spiro atoms. The second-order valence-corrected chi connectivity index (χ2v) is 5.97. The summed E-state index contributed by atoms with van der Waals surface area (Å²) < 4.78 is 0. The molecular formula is C18H20N4O3. The Labute approximate surface area is 144 Å². The minimum atomic E-state index is -0.330. The first-order valence-corrected chi connectivity index (χ1v) is 8.23. The van der Waals surface area contributed by atoms with Gasteiger partial charge in [0.15, 0.2) is 0 Å². The van der Waals surface area contributed by atoms with Crippen LogP contribution >= 0.6 is 0 Å². The predicted molar refractivity (Wildman–Crippen MR) is 94.8 cm³/mol. The van der Waals surface area contributed by atoms with Crippen molar-refractivity contribution in [3.05, 3.63) is 64.1 Å². The quantitative estimate of drug-likeness (QED) is 0.669. The van der Waals surface area contributed by atoms with Crippen molar-refractivity contribution in [2.45, 2.75) is 18.9 Å². The van der Waals surface area contributed by atoms with Crippen LogP contribution in [0.1, 0.15) is 33.6 Å². The Kier molecular flexibility index (Phi) is 5.25. The molecule has 2 amide bonds. The van der Waals surface area contributed by atoms with Crippen LogP contribution in [0.4, 0.5) is 5.69 Å². The summed E-state index contributed by atoms with van der Waals surface area (Å²) in [6.07, 6.45) is 3.22. The fourth-order valence-corrected chi connectivity index (χ4v) is 2.69. The molecule has 0 radical (unpaired) electrons. The number of H-pyrrole nitrogens is 1. The molecule has 1 aromatic carbocycles. The molecule has 3 rings (SSSR count). The molecule has 0 aliphatic carbocycles. The summed E-state index contributed by atoms with van der Waals surface area (Å²) in [6.45, 7) is 1.83. The molecule has 2 heterocycles. The number of amides is 2. The number of hydrogen-bond acceptors (Lipinski definition) is 4. The maximum Gasteiger partial charge on any atom is 0.257 e. The van der Waals surface area contributed by atoms with Gasteiger partial charge in [0, 0.05) is 29.6 Å². The molecule has 130 valence electrons. The second kappa shape index (κ2) is 7.76. The summed E-state index contributed by atoms with van der Waals surface area (Å²) in [6, 6.07) is 9.67. The number of nitrogens with one attached hydrogen (secondary N) is 4. The molecular weight excluding hydrogens is 320 g/mol. The summed E-state index contributed by atoms with van der Waals surface area (Å²) in [4.78, 5) is 37.8. The second-order valence-electron chi connectivity index (χ2n) is 5.97. The molecule has 1 aromatic heterocycles. The lowest BCUT2D eigenvalue weighted by Gasteiger charge is -2.23. The number of aromatic amines is 1. The molecule has 7 nitrogen and oxygen atoms in total. The Morgan fingerprint density at radius 2 is 1.60 bits per heavy atom. The van der Waals surface area contributed by atoms with Gasteiger partial charge in [0.05, 0.1) is 5.56 Å². The van der Waals surface area contributed by atoms with Crippen molar-refractivity contribution in [2.24, 2.45) is 0 Å². The molecule has 0 unspecified atom stereocenters. The maximum atomic E-state index is 12.2. The van der Waals surface area contributed by atoms with E-state index in [9.17, 15) is 14.4 Å². The third-order valence-electron chi connectivity index (χ3n) is 4.13. The zero-order chi connectivity index (χ0) is 17.6. The van der Waals surface area contributed by atoms with Crippen LogP contribution in [0.25, 0.3) is 0 Å². The number of benzene rings is 1. The number of hydrogen-bond donors (Lipinski definition) is 4. The third-order valence-corrected chi connectivity index (χ3v) is 4.13. The van der Waals surface area contributed by atoms with Crippen LogP contribution in [0.2, 0.25) is 0 Å². The van der Waals surface area contributed by atoms with Crippen LogP contribution in [-0.2, 0) is 0 Å². The topological polar surface area (TPSA) is 103 Å². The van der Waals surface area contributed by atoms with Crippen molar-refractivity contribution >= 4 is 17.5 Å². The number of anilines is 1. The summed E-state index contributed by atoms with van der Waals surface area (Å²) in [5.41, 5.74) is 1.23. The van der Waals surface area contributed by atoms with Gasteiger partial charge < -0.3 is 20.9 Å². The highest BCUT2D eigenvalue weighted by atomic mass is 16.2. The number of pyridine rings is 1. The lowest BCUT2D eigenvalue weighted by Crippen LogP contribution is -2.42. The van der Waals surface area contributed by atoms with Crippen LogP contribution in [-0.4, -0.2) is 35.9 Å². The van der Waals surface area contributed by atoms with E-state index < -0.39 is 0 Å². The number of aromatic nitrogens is 1. The zero-order valence-electron chi connectivity index (χ0n) is 13.7. The van der Waals surface area contributed by atoms with Gasteiger partial charge in [0.25, 0.3) is 11.8 Å². The molecule has 0 bridgehead atoms. The molecule has 1 fully saturated rings. The summed E-state index contributed by atoms with van der Waals surface area (Å²) in [5.74, 6) is -0.437. The van der Waals surface area contributed by atoms with Gasteiger partial charge in [-0.3, -0.25) is 14.4 Å². The van der Waals surface area contributed by atoms with Gasteiger partial charge in [-0.05, 0) is 56.3 Å². The van der Waals surface area contributed by atoms with E-state index in [1.165, 1.54) is 18.3 Å². The summed E-state index contributed by atoms with van der Waals surface area (Å²) >= 11 is 0. The van der Waals surface area contributed by atoms with Gasteiger partial charge in [0.2, 0.25) is 5.56 Å². The van der Waals surface area contributed by atoms with Crippen LogP contribution in [0.5, 0.6) is 0 Å². The minimum Gasteiger partial charge on any atom is -0.349 e. The molecule has 25 heavy (non-hydrogen) atoms. The van der Waals surface area contributed by atoms with E-state index in [0.29, 0.717) is 16.8 Å². The van der Waals surface area contributed by atoms with Gasteiger partial charge in [-0.2, -0.15) is 0 Å². The molecule has 4 N–H and O–H groups in total. The van der Waals surface area contributed by atoms with Gasteiger partial charge in [-0.1, -0.05) is 0 Å². The molecule has 2 aromatic rings. The van der Waals surface area contributed by atoms with Crippen LogP contribution in [0.3, 0.4) is 0 Å². The van der Waals surface area contributed by atoms with Crippen LogP contribution in [0.15, 0.2) is 47.4 Å². The molecule has 1 aliphatic heterocycles. The minimum absolute atomic E-state index is 0.106. The monoisotopic (exact) mass is 340 g/mol. The average Bonchev–Trinajstić information content (AvgIpc) is 2.63. The molecule has 1 saturated heterocycles. The van der Waals surface area contributed by atoms with Gasteiger partial charge in [-0.15, -0.1) is 0 Å². The number of rotatable bonds is 4. The van der Waals surface area contributed by atoms with Crippen LogP contribution < -0.4 is 21.5 Å². The van der Waals surface area contributed by atoms with Gasteiger partial charge >= 0.3 is 0 Å². The van der Waals surface area contributed by atoms with Crippen molar-refractivity contribution in [3.63, 3.8) is 0 Å². The lowest BCUT2D eigenvalue weighted by atomic mass is 10.1. The largest absolute Gasteiger partial charge is 0.349 e. The highest BCUT2D eigenvalue weighted by molar-refractivity contribution is 6.04. The number of carbonyl (C=O) groups excluding carboxylic acids is 2. The Morgan fingerprint density at radius 1 is 0.920 bits per heavy atom. The van der Waals surface area contributed by atoms with Crippen molar-refractivity contribution in [1.82, 2.24) is 15.6 Å². The first-order valence-electron chi connectivity index (χ1n) is 8.23. The number of piperidine rings is 1. The Balaban J connectivity index is 1.59. The van der Waals surface area contributed by atoms with Gasteiger partial charge in [0.1, 0.15) is 0 Å². The molecule has 0 saturated carbocycles. The SMILES string of the molecule is O=C(Nc1ccc(C(=O)NC2CCNCC2)cc1)c1ccc(=O)[nH]c1. The normalized spacial score (nSPS) is 14.7. The highest BCUT2D eigenvalue weighted by Gasteiger charge is 2.16. The molecule has 0 atom stereocenters. The Morgan fingerprint density at radius 3 is 2.24 bits per heavy atom. The molecule has 1 aliphatic rings. The number of carbonyl (C=O) groups is 2. The third kappa shape index (κ3) is 4.54. The van der Waals surface area contributed by atoms with E-state index in [0.717, 1.165) is 25.9 Å². The predicted octanol–water partition coefficient (Wildman–Crippen LogP) is 1.11. The van der Waals surface area contributed by atoms with E-state index in [4.69, 9.17) is 0 Å². The average molecular weight is 340 g/mol. The van der Waals surface area contributed by atoms with E-state index in [2.05, 4.69) is 20.9 Å². The Hall–Kier alpha value is -2.93. The first-order chi connectivity index (χ1) is 12.1. The van der Waals surface area contributed by atoms with Gasteiger partial charge in [-0.25, -0.2) is 0 Å². The first kappa shape index (κ1) is 16.9. The van der Waals surface area contributed by atoms with Crippen molar-refractivity contribution in [3.8, 4) is 0 Å². The highest BCUT2D eigenvalue weighted by Crippen LogP contribution is 2.12. The standard InChI is InChI=1S/C18H20N4O3/c23-16-6-3-13(11-20-16)18(25)21-14-4-1-12(2-5-14)17(24)22-15-7-9-19-10-8-15/h1-6,11,15,19H,7-10H2,(H,20,23)(H,21,25)(H,22,24).